The molecule has 0 unspecified atom stereocenters. The third-order valence-corrected chi connectivity index (χ3v) is 5.21. The minimum Gasteiger partial charge on any atom is -0.469 e. The molecule has 0 bridgehead atoms. The lowest BCUT2D eigenvalue weighted by Crippen LogP contribution is -2.41. The van der Waals surface area contributed by atoms with Crippen LogP contribution in [0.25, 0.3) is 0 Å². The zero-order chi connectivity index (χ0) is 21.5. The van der Waals surface area contributed by atoms with Crippen molar-refractivity contribution in [1.29, 1.82) is 0 Å². The summed E-state index contributed by atoms with van der Waals surface area (Å²) in [5, 5.41) is 5.72. The molecule has 0 spiro atoms. The molecule has 2 aromatic rings. The van der Waals surface area contributed by atoms with Crippen molar-refractivity contribution in [2.75, 3.05) is 37.4 Å². The summed E-state index contributed by atoms with van der Waals surface area (Å²) in [4.78, 5) is 38.9. The van der Waals surface area contributed by atoms with Gasteiger partial charge in [0.25, 0.3) is 5.91 Å². The molecule has 1 saturated heterocycles. The topological polar surface area (TPSA) is 87.7 Å². The molecule has 0 aromatic heterocycles. The zero-order valence-corrected chi connectivity index (χ0v) is 17.3. The highest BCUT2D eigenvalue weighted by molar-refractivity contribution is 6.10. The summed E-state index contributed by atoms with van der Waals surface area (Å²) in [6, 6.07) is 14.5. The van der Waals surface area contributed by atoms with Crippen LogP contribution >= 0.6 is 0 Å². The van der Waals surface area contributed by atoms with E-state index in [1.807, 2.05) is 36.1 Å². The molecule has 1 aliphatic rings. The Labute approximate surface area is 176 Å². The summed E-state index contributed by atoms with van der Waals surface area (Å²) in [7, 11) is 1.40. The molecule has 3 rings (SSSR count). The quantitative estimate of drug-likeness (QED) is 0.716. The molecule has 7 nitrogen and oxygen atoms in total. The molecule has 0 aliphatic carbocycles. The van der Waals surface area contributed by atoms with Gasteiger partial charge in [-0.05, 0) is 62.7 Å². The van der Waals surface area contributed by atoms with Gasteiger partial charge in [-0.1, -0.05) is 24.3 Å². The number of amides is 2. The Hall–Kier alpha value is -3.19. The molecule has 0 saturated carbocycles. The van der Waals surface area contributed by atoms with Gasteiger partial charge in [0.1, 0.15) is 0 Å². The first-order valence-corrected chi connectivity index (χ1v) is 10.0. The maximum Gasteiger partial charge on any atom is 0.308 e. The highest BCUT2D eigenvalue weighted by atomic mass is 16.5. The fourth-order valence-electron chi connectivity index (χ4n) is 3.60. The molecular formula is C23H27N3O4. The number of likely N-dealkylation sites (tertiary alicyclic amines) is 1. The molecule has 1 fully saturated rings. The van der Waals surface area contributed by atoms with Crippen molar-refractivity contribution in [2.45, 2.75) is 19.8 Å². The van der Waals surface area contributed by atoms with Gasteiger partial charge in [-0.3, -0.25) is 19.3 Å². The molecule has 158 valence electrons. The van der Waals surface area contributed by atoms with Crippen molar-refractivity contribution in [2.24, 2.45) is 5.92 Å². The van der Waals surface area contributed by atoms with E-state index in [4.69, 9.17) is 4.74 Å². The fraction of sp³-hybridized carbons (Fsp3) is 0.348. The summed E-state index contributed by atoms with van der Waals surface area (Å²) < 4.78 is 4.80. The highest BCUT2D eigenvalue weighted by Gasteiger charge is 2.26. The normalized spacial score (nSPS) is 14.7. The Morgan fingerprint density at radius 2 is 1.77 bits per heavy atom. The maximum absolute atomic E-state index is 12.7. The summed E-state index contributed by atoms with van der Waals surface area (Å²) in [5.41, 5.74) is 2.62. The van der Waals surface area contributed by atoms with Crippen LogP contribution in [-0.2, 0) is 14.3 Å². The molecule has 1 aliphatic heterocycles. The first-order chi connectivity index (χ1) is 14.5. The average molecular weight is 409 g/mol. The second kappa shape index (κ2) is 10.0. The van der Waals surface area contributed by atoms with Crippen LogP contribution in [0, 0.1) is 12.8 Å². The Morgan fingerprint density at radius 1 is 1.03 bits per heavy atom. The lowest BCUT2D eigenvalue weighted by atomic mass is 9.97. The first kappa shape index (κ1) is 21.5. The number of methoxy groups -OCH3 is 1. The van der Waals surface area contributed by atoms with E-state index in [-0.39, 0.29) is 30.2 Å². The van der Waals surface area contributed by atoms with Crippen LogP contribution in [0.1, 0.15) is 28.8 Å². The summed E-state index contributed by atoms with van der Waals surface area (Å²) in [6.07, 6.45) is 1.35. The standard InChI is InChI=1S/C23H27N3O4/c1-16-6-5-7-18(14-16)24-22(28)19-8-3-4-9-20(19)25-21(27)15-26-12-10-17(11-13-26)23(29)30-2/h3-9,14,17H,10-13,15H2,1-2H3,(H,24,28)(H,25,27). The van der Waals surface area contributed by atoms with Crippen molar-refractivity contribution in [3.63, 3.8) is 0 Å². The van der Waals surface area contributed by atoms with Crippen molar-refractivity contribution in [3.8, 4) is 0 Å². The largest absolute Gasteiger partial charge is 0.469 e. The smallest absolute Gasteiger partial charge is 0.308 e. The van der Waals surface area contributed by atoms with Gasteiger partial charge in [-0.25, -0.2) is 0 Å². The van der Waals surface area contributed by atoms with E-state index in [1.54, 1.807) is 24.3 Å². The number of para-hydroxylation sites is 1. The summed E-state index contributed by atoms with van der Waals surface area (Å²) in [5.74, 6) is -0.759. The van der Waals surface area contributed by atoms with Gasteiger partial charge >= 0.3 is 5.97 Å². The highest BCUT2D eigenvalue weighted by Crippen LogP contribution is 2.20. The number of ether oxygens (including phenoxy) is 1. The van der Waals surface area contributed by atoms with E-state index in [0.29, 0.717) is 42.9 Å². The minimum absolute atomic E-state index is 0.0969. The van der Waals surface area contributed by atoms with Gasteiger partial charge in [0, 0.05) is 5.69 Å². The number of hydrogen-bond acceptors (Lipinski definition) is 5. The van der Waals surface area contributed by atoms with Crippen LogP contribution < -0.4 is 10.6 Å². The second-order valence-electron chi connectivity index (χ2n) is 7.49. The fourth-order valence-corrected chi connectivity index (χ4v) is 3.60. The van der Waals surface area contributed by atoms with Gasteiger partial charge in [-0.2, -0.15) is 0 Å². The van der Waals surface area contributed by atoms with Gasteiger partial charge in [0.05, 0.1) is 30.8 Å². The molecule has 7 heteroatoms. The number of aryl methyl sites for hydroxylation is 1. The number of anilines is 2. The summed E-state index contributed by atoms with van der Waals surface area (Å²) in [6.45, 7) is 3.48. The van der Waals surface area contributed by atoms with Gasteiger partial charge in [0.15, 0.2) is 0 Å². The van der Waals surface area contributed by atoms with Crippen LogP contribution in [0.3, 0.4) is 0 Å². The van der Waals surface area contributed by atoms with E-state index >= 15 is 0 Å². The zero-order valence-electron chi connectivity index (χ0n) is 17.3. The predicted molar refractivity (Wildman–Crippen MR) is 115 cm³/mol. The van der Waals surface area contributed by atoms with Crippen LogP contribution in [0.15, 0.2) is 48.5 Å². The SMILES string of the molecule is COC(=O)C1CCN(CC(=O)Nc2ccccc2C(=O)Nc2cccc(C)c2)CC1. The maximum atomic E-state index is 12.7. The van der Waals surface area contributed by atoms with Gasteiger partial charge in [0.2, 0.25) is 5.91 Å². The van der Waals surface area contributed by atoms with Crippen molar-refractivity contribution >= 4 is 29.2 Å². The van der Waals surface area contributed by atoms with Gasteiger partial charge < -0.3 is 15.4 Å². The Morgan fingerprint density at radius 3 is 2.47 bits per heavy atom. The van der Waals surface area contributed by atoms with Crippen molar-refractivity contribution < 1.29 is 19.1 Å². The number of hydrogen-bond donors (Lipinski definition) is 2. The molecule has 0 atom stereocenters. The van der Waals surface area contributed by atoms with E-state index in [0.717, 1.165) is 5.56 Å². The van der Waals surface area contributed by atoms with E-state index in [1.165, 1.54) is 7.11 Å². The third-order valence-electron chi connectivity index (χ3n) is 5.21. The lowest BCUT2D eigenvalue weighted by molar-refractivity contribution is -0.147. The minimum atomic E-state index is -0.282. The predicted octanol–water partition coefficient (Wildman–Crippen LogP) is 3.07. The number of nitrogens with zero attached hydrogens (tertiary/aromatic N) is 1. The van der Waals surface area contributed by atoms with Crippen LogP contribution in [0.4, 0.5) is 11.4 Å². The summed E-state index contributed by atoms with van der Waals surface area (Å²) >= 11 is 0. The number of esters is 1. The van der Waals surface area contributed by atoms with Gasteiger partial charge in [-0.15, -0.1) is 0 Å². The van der Waals surface area contributed by atoms with Crippen molar-refractivity contribution in [3.05, 3.63) is 59.7 Å². The number of rotatable bonds is 6. The molecule has 1 heterocycles. The monoisotopic (exact) mass is 409 g/mol. The average Bonchev–Trinajstić information content (AvgIpc) is 2.74. The second-order valence-corrected chi connectivity index (χ2v) is 7.49. The third kappa shape index (κ3) is 5.67. The van der Waals surface area contributed by atoms with Crippen LogP contribution in [-0.4, -0.2) is 49.4 Å². The van der Waals surface area contributed by atoms with E-state index in [2.05, 4.69) is 10.6 Å². The molecule has 30 heavy (non-hydrogen) atoms. The number of piperidine rings is 1. The van der Waals surface area contributed by atoms with E-state index < -0.39 is 0 Å². The first-order valence-electron chi connectivity index (χ1n) is 10.0. The molecule has 2 aromatic carbocycles. The number of carbonyl (C=O) groups is 3. The number of carbonyl (C=O) groups excluding carboxylic acids is 3. The Bertz CT molecular complexity index is 920. The molecule has 2 N–H and O–H groups in total. The molecule has 2 amide bonds. The van der Waals surface area contributed by atoms with Crippen LogP contribution in [0.2, 0.25) is 0 Å². The van der Waals surface area contributed by atoms with Crippen molar-refractivity contribution in [1.82, 2.24) is 4.90 Å². The lowest BCUT2D eigenvalue weighted by Gasteiger charge is -2.30. The molecular weight excluding hydrogens is 382 g/mol. The Kier molecular flexibility index (Phi) is 7.19. The molecule has 0 radical (unpaired) electrons. The van der Waals surface area contributed by atoms with E-state index in [9.17, 15) is 14.4 Å². The number of nitrogens with one attached hydrogen (secondary N) is 2. The Balaban J connectivity index is 1.58. The van der Waals surface area contributed by atoms with Crippen LogP contribution in [0.5, 0.6) is 0 Å². The number of benzene rings is 2.